The first-order chi connectivity index (χ1) is 10.7. The third-order valence-electron chi connectivity index (χ3n) is 3.47. The van der Waals surface area contributed by atoms with Gasteiger partial charge < -0.3 is 10.4 Å². The van der Waals surface area contributed by atoms with E-state index in [-0.39, 0.29) is 35.4 Å². The van der Waals surface area contributed by atoms with Crippen molar-refractivity contribution in [3.05, 3.63) is 17.2 Å². The summed E-state index contributed by atoms with van der Waals surface area (Å²) >= 11 is 5.86. The van der Waals surface area contributed by atoms with Crippen LogP contribution in [0.4, 0.5) is 5.69 Å². The first-order valence-electron chi connectivity index (χ1n) is 6.89. The van der Waals surface area contributed by atoms with E-state index in [0.717, 1.165) is 6.07 Å². The van der Waals surface area contributed by atoms with E-state index in [1.54, 1.807) is 0 Å². The van der Waals surface area contributed by atoms with E-state index in [0.29, 0.717) is 19.3 Å². The Balaban J connectivity index is 2.35. The lowest BCUT2D eigenvalue weighted by Crippen LogP contribution is -2.40. The van der Waals surface area contributed by atoms with Crippen molar-refractivity contribution in [1.29, 1.82) is 0 Å². The average Bonchev–Trinajstić information content (AvgIpc) is 2.43. The molecular formula is C12H18ClN3O5S2. The minimum absolute atomic E-state index is 0.0596. The molecular weight excluding hydrogens is 366 g/mol. The second-order valence-corrected chi connectivity index (χ2v) is 8.97. The number of anilines is 1. The van der Waals surface area contributed by atoms with Crippen molar-refractivity contribution < 1.29 is 21.9 Å². The highest BCUT2D eigenvalue weighted by Gasteiger charge is 2.33. The SMILES string of the molecule is NS(=O)(=O)c1cc2c(cc1Cl)NCN(CCCCCO)S2(=O)=O. The van der Waals surface area contributed by atoms with E-state index in [1.165, 1.54) is 10.4 Å². The Kier molecular flexibility index (Phi) is 5.54. The van der Waals surface area contributed by atoms with Crippen LogP contribution < -0.4 is 10.5 Å². The fourth-order valence-corrected chi connectivity index (χ4v) is 5.01. The topological polar surface area (TPSA) is 130 Å². The van der Waals surface area contributed by atoms with Crippen molar-refractivity contribution in [2.75, 3.05) is 25.1 Å². The molecule has 8 nitrogen and oxygen atoms in total. The van der Waals surface area contributed by atoms with Gasteiger partial charge in [-0.25, -0.2) is 22.0 Å². The standard InChI is InChI=1S/C12H18ClN3O5S2/c13-9-6-10-12(7-11(9)22(14,18)19)23(20,21)16(8-15-10)4-2-1-3-5-17/h6-7,15,17H,1-5,8H2,(H2,14,18,19). The van der Waals surface area contributed by atoms with E-state index < -0.39 is 24.9 Å². The molecule has 0 amide bonds. The van der Waals surface area contributed by atoms with Crippen LogP contribution in [0.3, 0.4) is 0 Å². The Morgan fingerprint density at radius 1 is 1.30 bits per heavy atom. The van der Waals surface area contributed by atoms with E-state index in [2.05, 4.69) is 5.32 Å². The number of primary sulfonamides is 1. The summed E-state index contributed by atoms with van der Waals surface area (Å²) in [5.74, 6) is 0. The van der Waals surface area contributed by atoms with Crippen LogP contribution in [-0.2, 0) is 20.0 Å². The number of benzene rings is 1. The number of nitrogens with two attached hydrogens (primary N) is 1. The van der Waals surface area contributed by atoms with Crippen LogP contribution in [-0.4, -0.2) is 46.1 Å². The van der Waals surface area contributed by atoms with Crippen molar-refractivity contribution in [2.45, 2.75) is 29.1 Å². The highest BCUT2D eigenvalue weighted by molar-refractivity contribution is 7.90. The van der Waals surface area contributed by atoms with E-state index in [4.69, 9.17) is 21.8 Å². The summed E-state index contributed by atoms with van der Waals surface area (Å²) in [6, 6.07) is 2.23. The molecule has 0 saturated carbocycles. The Labute approximate surface area is 140 Å². The van der Waals surface area contributed by atoms with Crippen LogP contribution in [0.25, 0.3) is 0 Å². The molecule has 1 heterocycles. The Bertz CT molecular complexity index is 795. The summed E-state index contributed by atoms with van der Waals surface area (Å²) in [5.41, 5.74) is 0.244. The van der Waals surface area contributed by atoms with Gasteiger partial charge in [-0.2, -0.15) is 4.31 Å². The predicted molar refractivity (Wildman–Crippen MR) is 86.1 cm³/mol. The predicted octanol–water partition coefficient (Wildman–Crippen LogP) is 0.524. The largest absolute Gasteiger partial charge is 0.396 e. The van der Waals surface area contributed by atoms with Crippen molar-refractivity contribution in [3.8, 4) is 0 Å². The fourth-order valence-electron chi connectivity index (χ4n) is 2.28. The van der Waals surface area contributed by atoms with Crippen molar-refractivity contribution >= 4 is 37.3 Å². The number of aliphatic hydroxyl groups excluding tert-OH is 1. The number of unbranched alkanes of at least 4 members (excludes halogenated alkanes) is 2. The number of nitrogens with zero attached hydrogens (tertiary/aromatic N) is 1. The Morgan fingerprint density at radius 3 is 2.61 bits per heavy atom. The molecule has 0 unspecified atom stereocenters. The van der Waals surface area contributed by atoms with Gasteiger partial charge in [0.2, 0.25) is 20.0 Å². The summed E-state index contributed by atoms with van der Waals surface area (Å²) in [5, 5.41) is 16.6. The molecule has 1 aliphatic rings. The second-order valence-electron chi connectivity index (χ2n) is 5.12. The lowest BCUT2D eigenvalue weighted by molar-refractivity contribution is 0.280. The van der Waals surface area contributed by atoms with E-state index >= 15 is 0 Å². The molecule has 0 radical (unpaired) electrons. The van der Waals surface area contributed by atoms with Crippen LogP contribution >= 0.6 is 11.6 Å². The second kappa shape index (κ2) is 6.91. The Hall–Kier alpha value is -0.910. The number of rotatable bonds is 6. The monoisotopic (exact) mass is 383 g/mol. The van der Waals surface area contributed by atoms with Gasteiger partial charge in [-0.15, -0.1) is 0 Å². The molecule has 0 atom stereocenters. The molecule has 11 heteroatoms. The third kappa shape index (κ3) is 3.95. The number of hydrogen-bond acceptors (Lipinski definition) is 6. The normalized spacial score (nSPS) is 17.5. The van der Waals surface area contributed by atoms with Gasteiger partial charge in [-0.1, -0.05) is 11.6 Å². The van der Waals surface area contributed by atoms with Crippen LogP contribution in [0.15, 0.2) is 21.9 Å². The molecule has 23 heavy (non-hydrogen) atoms. The maximum Gasteiger partial charge on any atom is 0.246 e. The van der Waals surface area contributed by atoms with Gasteiger partial charge in [0.25, 0.3) is 0 Å². The molecule has 0 aromatic heterocycles. The minimum Gasteiger partial charge on any atom is -0.396 e. The van der Waals surface area contributed by atoms with Gasteiger partial charge in [0, 0.05) is 13.2 Å². The molecule has 1 aromatic carbocycles. The summed E-state index contributed by atoms with van der Waals surface area (Å²) < 4.78 is 49.5. The third-order valence-corrected chi connectivity index (χ3v) is 6.73. The highest BCUT2D eigenvalue weighted by Crippen LogP contribution is 2.35. The van der Waals surface area contributed by atoms with Crippen molar-refractivity contribution in [3.63, 3.8) is 0 Å². The summed E-state index contributed by atoms with van der Waals surface area (Å²) in [7, 11) is -7.97. The molecule has 0 aliphatic carbocycles. The first-order valence-corrected chi connectivity index (χ1v) is 10.3. The van der Waals surface area contributed by atoms with Crippen LogP contribution in [0.1, 0.15) is 19.3 Å². The van der Waals surface area contributed by atoms with E-state index in [1.807, 2.05) is 0 Å². The van der Waals surface area contributed by atoms with Crippen LogP contribution in [0.2, 0.25) is 5.02 Å². The number of aliphatic hydroxyl groups is 1. The minimum atomic E-state index is -4.13. The molecule has 1 aromatic rings. The quantitative estimate of drug-likeness (QED) is 0.614. The van der Waals surface area contributed by atoms with Gasteiger partial charge in [0.05, 0.1) is 17.4 Å². The zero-order valence-electron chi connectivity index (χ0n) is 12.2. The number of fused-ring (bicyclic) bond motifs is 1. The van der Waals surface area contributed by atoms with Gasteiger partial charge in [-0.3, -0.25) is 0 Å². The summed E-state index contributed by atoms with van der Waals surface area (Å²) in [6.07, 6.45) is 1.88. The van der Waals surface area contributed by atoms with Crippen molar-refractivity contribution in [2.24, 2.45) is 5.14 Å². The fraction of sp³-hybridized carbons (Fsp3) is 0.500. The average molecular weight is 384 g/mol. The van der Waals surface area contributed by atoms with Gasteiger partial charge in [0.15, 0.2) is 0 Å². The molecule has 2 rings (SSSR count). The summed E-state index contributed by atoms with van der Waals surface area (Å²) in [4.78, 5) is -0.593. The molecule has 130 valence electrons. The lowest BCUT2D eigenvalue weighted by Gasteiger charge is -2.29. The van der Waals surface area contributed by atoms with E-state index in [9.17, 15) is 16.8 Å². The molecule has 1 aliphatic heterocycles. The van der Waals surface area contributed by atoms with Gasteiger partial charge >= 0.3 is 0 Å². The zero-order chi connectivity index (χ0) is 17.3. The van der Waals surface area contributed by atoms with Crippen LogP contribution in [0.5, 0.6) is 0 Å². The number of sulfonamides is 2. The maximum absolute atomic E-state index is 12.6. The zero-order valence-corrected chi connectivity index (χ0v) is 14.6. The molecule has 0 spiro atoms. The molecule has 0 bridgehead atoms. The molecule has 0 fully saturated rings. The smallest absolute Gasteiger partial charge is 0.246 e. The number of halogens is 1. The number of nitrogens with one attached hydrogen (secondary N) is 1. The van der Waals surface area contributed by atoms with Crippen LogP contribution in [0, 0.1) is 0 Å². The summed E-state index contributed by atoms with van der Waals surface area (Å²) in [6.45, 7) is 0.395. The molecule has 4 N–H and O–H groups in total. The van der Waals surface area contributed by atoms with Crippen molar-refractivity contribution in [1.82, 2.24) is 4.31 Å². The first kappa shape index (κ1) is 18.4. The Morgan fingerprint density at radius 2 is 2.00 bits per heavy atom. The highest BCUT2D eigenvalue weighted by atomic mass is 35.5. The molecule has 0 saturated heterocycles. The lowest BCUT2D eigenvalue weighted by atomic mass is 10.2. The maximum atomic E-state index is 12.6. The number of hydrogen-bond donors (Lipinski definition) is 3. The van der Waals surface area contributed by atoms with Gasteiger partial charge in [-0.05, 0) is 31.4 Å². The van der Waals surface area contributed by atoms with Gasteiger partial charge in [0.1, 0.15) is 9.79 Å².